The number of nitrogens with two attached hydrogens (primary N) is 1. The Morgan fingerprint density at radius 1 is 1.26 bits per heavy atom. The molecule has 0 bridgehead atoms. The van der Waals surface area contributed by atoms with E-state index in [9.17, 15) is 0 Å². The molecule has 0 aliphatic heterocycles. The Balaban J connectivity index is 2.05. The summed E-state index contributed by atoms with van der Waals surface area (Å²) < 4.78 is 10.6. The lowest BCUT2D eigenvalue weighted by Crippen LogP contribution is -2.11. The van der Waals surface area contributed by atoms with Crippen LogP contribution in [0.1, 0.15) is 39.5 Å². The van der Waals surface area contributed by atoms with Crippen LogP contribution in [0.15, 0.2) is 16.8 Å². The SMILES string of the molecule is CCCCC(CC)COc1ccc(N)c2nonc12. The van der Waals surface area contributed by atoms with Crippen LogP contribution in [-0.2, 0) is 0 Å². The summed E-state index contributed by atoms with van der Waals surface area (Å²) in [5, 5.41) is 7.64. The minimum atomic E-state index is 0.557. The smallest absolute Gasteiger partial charge is 0.179 e. The monoisotopic (exact) mass is 263 g/mol. The number of unbranched alkanes of at least 4 members (excludes halogenated alkanes) is 1. The highest BCUT2D eigenvalue weighted by atomic mass is 16.6. The summed E-state index contributed by atoms with van der Waals surface area (Å²) in [6.45, 7) is 5.10. The first-order valence-electron chi connectivity index (χ1n) is 6.89. The highest BCUT2D eigenvalue weighted by molar-refractivity contribution is 5.90. The Bertz CT molecular complexity index is 524. The average Bonchev–Trinajstić information content (AvgIpc) is 2.91. The minimum Gasteiger partial charge on any atom is -0.491 e. The molecule has 0 aliphatic rings. The molecular formula is C14H21N3O2. The van der Waals surface area contributed by atoms with Crippen LogP contribution in [0.5, 0.6) is 5.75 Å². The maximum atomic E-state index is 5.86. The topological polar surface area (TPSA) is 74.2 Å². The molecule has 5 heteroatoms. The fourth-order valence-electron chi connectivity index (χ4n) is 2.09. The standard InChI is InChI=1S/C14H21N3O2/c1-3-5-6-10(4-2)9-18-12-8-7-11(15)13-14(12)17-19-16-13/h7-8,10H,3-6,9,15H2,1-2H3. The summed E-state index contributed by atoms with van der Waals surface area (Å²) in [7, 11) is 0. The van der Waals surface area contributed by atoms with Crippen molar-refractivity contribution in [2.75, 3.05) is 12.3 Å². The molecule has 1 aromatic heterocycles. The van der Waals surface area contributed by atoms with E-state index in [1.165, 1.54) is 19.3 Å². The van der Waals surface area contributed by atoms with Crippen LogP contribution >= 0.6 is 0 Å². The van der Waals surface area contributed by atoms with Crippen molar-refractivity contribution in [3.63, 3.8) is 0 Å². The number of aromatic nitrogens is 2. The van der Waals surface area contributed by atoms with Gasteiger partial charge in [0.1, 0.15) is 0 Å². The van der Waals surface area contributed by atoms with Gasteiger partial charge in [0.25, 0.3) is 0 Å². The number of fused-ring (bicyclic) bond motifs is 1. The Labute approximate surface area is 113 Å². The van der Waals surface area contributed by atoms with Crippen molar-refractivity contribution >= 4 is 16.7 Å². The summed E-state index contributed by atoms with van der Waals surface area (Å²) in [5.41, 5.74) is 7.53. The summed E-state index contributed by atoms with van der Waals surface area (Å²) in [4.78, 5) is 0. The third-order valence-electron chi connectivity index (χ3n) is 3.43. The number of anilines is 1. The number of hydrogen-bond acceptors (Lipinski definition) is 5. The molecule has 0 aliphatic carbocycles. The number of ether oxygens (including phenoxy) is 1. The molecule has 19 heavy (non-hydrogen) atoms. The second-order valence-corrected chi connectivity index (χ2v) is 4.84. The Hall–Kier alpha value is -1.78. The van der Waals surface area contributed by atoms with Gasteiger partial charge in [0.05, 0.1) is 12.3 Å². The third-order valence-corrected chi connectivity index (χ3v) is 3.43. The molecule has 0 spiro atoms. The number of nitrogens with zero attached hydrogens (tertiary/aromatic N) is 2. The maximum absolute atomic E-state index is 5.86. The van der Waals surface area contributed by atoms with E-state index in [4.69, 9.17) is 15.1 Å². The Morgan fingerprint density at radius 3 is 2.79 bits per heavy atom. The van der Waals surface area contributed by atoms with Crippen LogP contribution < -0.4 is 10.5 Å². The lowest BCUT2D eigenvalue weighted by molar-refractivity contribution is 0.234. The van der Waals surface area contributed by atoms with E-state index in [1.807, 2.05) is 6.07 Å². The molecule has 2 aromatic rings. The average molecular weight is 263 g/mol. The van der Waals surface area contributed by atoms with E-state index in [0.717, 1.165) is 6.42 Å². The van der Waals surface area contributed by atoms with Gasteiger partial charge >= 0.3 is 0 Å². The zero-order chi connectivity index (χ0) is 13.7. The largest absolute Gasteiger partial charge is 0.491 e. The Morgan fingerprint density at radius 2 is 2.05 bits per heavy atom. The van der Waals surface area contributed by atoms with Gasteiger partial charge in [-0.2, -0.15) is 0 Å². The first-order chi connectivity index (χ1) is 9.26. The van der Waals surface area contributed by atoms with E-state index in [2.05, 4.69) is 24.2 Å². The van der Waals surface area contributed by atoms with Crippen LogP contribution in [-0.4, -0.2) is 16.9 Å². The van der Waals surface area contributed by atoms with E-state index in [-0.39, 0.29) is 0 Å². The van der Waals surface area contributed by atoms with E-state index >= 15 is 0 Å². The number of benzene rings is 1. The molecule has 0 amide bonds. The lowest BCUT2D eigenvalue weighted by atomic mass is 10.0. The zero-order valence-corrected chi connectivity index (χ0v) is 11.6. The zero-order valence-electron chi connectivity index (χ0n) is 11.6. The van der Waals surface area contributed by atoms with Gasteiger partial charge in [0.15, 0.2) is 16.8 Å². The molecule has 104 valence electrons. The Kier molecular flexibility index (Phi) is 4.60. The van der Waals surface area contributed by atoms with Gasteiger partial charge < -0.3 is 10.5 Å². The second kappa shape index (κ2) is 6.41. The molecule has 0 fully saturated rings. The van der Waals surface area contributed by atoms with Crippen LogP contribution in [0.3, 0.4) is 0 Å². The molecule has 1 heterocycles. The van der Waals surface area contributed by atoms with Gasteiger partial charge in [0.2, 0.25) is 0 Å². The first-order valence-corrected chi connectivity index (χ1v) is 6.89. The van der Waals surface area contributed by atoms with Crippen molar-refractivity contribution < 1.29 is 9.37 Å². The number of hydrogen-bond donors (Lipinski definition) is 1. The third kappa shape index (κ3) is 3.16. The molecule has 2 N–H and O–H groups in total. The fourth-order valence-corrected chi connectivity index (χ4v) is 2.09. The molecular weight excluding hydrogens is 242 g/mol. The number of nitrogen functional groups attached to an aromatic ring is 1. The van der Waals surface area contributed by atoms with Crippen LogP contribution in [0.2, 0.25) is 0 Å². The summed E-state index contributed by atoms with van der Waals surface area (Å²) >= 11 is 0. The van der Waals surface area contributed by atoms with Gasteiger partial charge in [-0.25, -0.2) is 4.63 Å². The summed E-state index contributed by atoms with van der Waals surface area (Å²) in [6.07, 6.45) is 4.78. The molecule has 1 unspecified atom stereocenters. The highest BCUT2D eigenvalue weighted by Gasteiger charge is 2.13. The van der Waals surface area contributed by atoms with Gasteiger partial charge in [-0.15, -0.1) is 0 Å². The molecule has 5 nitrogen and oxygen atoms in total. The highest BCUT2D eigenvalue weighted by Crippen LogP contribution is 2.28. The minimum absolute atomic E-state index is 0.557. The van der Waals surface area contributed by atoms with Crippen LogP contribution in [0.4, 0.5) is 5.69 Å². The van der Waals surface area contributed by atoms with Gasteiger partial charge in [-0.1, -0.05) is 33.1 Å². The predicted octanol–water partition coefficient (Wildman–Crippen LogP) is 3.40. The van der Waals surface area contributed by atoms with Crippen molar-refractivity contribution in [1.29, 1.82) is 0 Å². The normalized spacial score (nSPS) is 12.7. The lowest BCUT2D eigenvalue weighted by Gasteiger charge is -2.15. The van der Waals surface area contributed by atoms with Crippen LogP contribution in [0, 0.1) is 5.92 Å². The van der Waals surface area contributed by atoms with Crippen molar-refractivity contribution in [3.8, 4) is 5.75 Å². The molecule has 1 atom stereocenters. The molecule has 1 aromatic carbocycles. The van der Waals surface area contributed by atoms with Gasteiger partial charge in [-0.3, -0.25) is 0 Å². The van der Waals surface area contributed by atoms with E-state index in [1.54, 1.807) is 6.07 Å². The van der Waals surface area contributed by atoms with E-state index in [0.29, 0.717) is 35.0 Å². The van der Waals surface area contributed by atoms with Crippen molar-refractivity contribution in [2.24, 2.45) is 5.92 Å². The second-order valence-electron chi connectivity index (χ2n) is 4.84. The molecule has 2 rings (SSSR count). The van der Waals surface area contributed by atoms with Crippen molar-refractivity contribution in [3.05, 3.63) is 12.1 Å². The van der Waals surface area contributed by atoms with E-state index < -0.39 is 0 Å². The first kappa shape index (κ1) is 13.6. The molecule has 0 saturated heterocycles. The van der Waals surface area contributed by atoms with Gasteiger partial charge in [0, 0.05) is 0 Å². The fraction of sp³-hybridized carbons (Fsp3) is 0.571. The predicted molar refractivity (Wildman–Crippen MR) is 75.0 cm³/mol. The molecule has 0 radical (unpaired) electrons. The summed E-state index contributed by atoms with van der Waals surface area (Å²) in [5.74, 6) is 1.27. The maximum Gasteiger partial charge on any atom is 0.179 e. The quantitative estimate of drug-likeness (QED) is 0.775. The van der Waals surface area contributed by atoms with Crippen LogP contribution in [0.25, 0.3) is 11.0 Å². The summed E-state index contributed by atoms with van der Waals surface area (Å²) in [6, 6.07) is 3.60. The van der Waals surface area contributed by atoms with Crippen molar-refractivity contribution in [1.82, 2.24) is 10.3 Å². The van der Waals surface area contributed by atoms with Gasteiger partial charge in [-0.05, 0) is 34.8 Å². The molecule has 0 saturated carbocycles. The van der Waals surface area contributed by atoms with Crippen molar-refractivity contribution in [2.45, 2.75) is 39.5 Å². The number of rotatable bonds is 7.